The first-order valence-electron chi connectivity index (χ1n) is 10.7. The van der Waals surface area contributed by atoms with Crippen LogP contribution in [0.2, 0.25) is 0 Å². The summed E-state index contributed by atoms with van der Waals surface area (Å²) in [6.45, 7) is 6.70. The molecule has 2 heterocycles. The topological polar surface area (TPSA) is 40.6 Å². The van der Waals surface area contributed by atoms with Crippen molar-refractivity contribution in [3.8, 4) is 0 Å². The summed E-state index contributed by atoms with van der Waals surface area (Å²) in [5.41, 5.74) is 2.35. The van der Waals surface area contributed by atoms with Crippen LogP contribution in [0, 0.1) is 5.41 Å². The van der Waals surface area contributed by atoms with E-state index in [2.05, 4.69) is 29.3 Å². The average Bonchev–Trinajstić information content (AvgIpc) is 3.10. The summed E-state index contributed by atoms with van der Waals surface area (Å²) in [4.78, 5) is 26.4. The second-order valence-corrected chi connectivity index (χ2v) is 9.06. The lowest BCUT2D eigenvalue weighted by atomic mass is 9.78. The van der Waals surface area contributed by atoms with Crippen LogP contribution in [0.5, 0.6) is 0 Å². The van der Waals surface area contributed by atoms with Crippen LogP contribution in [0.15, 0.2) is 54.6 Å². The van der Waals surface area contributed by atoms with Crippen LogP contribution in [0.1, 0.15) is 57.6 Å². The number of benzene rings is 2. The molecule has 0 bridgehead atoms. The molecular formula is C25H30N2O2. The predicted molar refractivity (Wildman–Crippen MR) is 115 cm³/mol. The molecule has 0 saturated carbocycles. The van der Waals surface area contributed by atoms with Crippen LogP contribution in [0.3, 0.4) is 0 Å². The Hall–Kier alpha value is -2.62. The minimum Gasteiger partial charge on any atom is -0.300 e. The predicted octanol–water partition coefficient (Wildman–Crippen LogP) is 4.88. The van der Waals surface area contributed by atoms with E-state index >= 15 is 0 Å². The van der Waals surface area contributed by atoms with E-state index in [9.17, 15) is 9.59 Å². The second kappa shape index (κ2) is 7.33. The molecule has 1 fully saturated rings. The number of rotatable bonds is 7. The molecule has 1 amide bonds. The number of hydrogen-bond donors (Lipinski definition) is 0. The quantitative estimate of drug-likeness (QED) is 0.677. The molecule has 0 radical (unpaired) electrons. The number of carbonyl (C=O) groups is 2. The van der Waals surface area contributed by atoms with Gasteiger partial charge in [-0.1, -0.05) is 55.5 Å². The van der Waals surface area contributed by atoms with Crippen molar-refractivity contribution >= 4 is 17.4 Å². The van der Waals surface area contributed by atoms with Gasteiger partial charge in [-0.05, 0) is 44.7 Å². The van der Waals surface area contributed by atoms with Gasteiger partial charge in [0.05, 0.1) is 23.2 Å². The van der Waals surface area contributed by atoms with Gasteiger partial charge in [0.1, 0.15) is 5.78 Å². The van der Waals surface area contributed by atoms with Crippen LogP contribution in [-0.2, 0) is 21.5 Å². The van der Waals surface area contributed by atoms with Crippen molar-refractivity contribution in [1.82, 2.24) is 5.01 Å². The summed E-state index contributed by atoms with van der Waals surface area (Å²) in [6.07, 6.45) is 3.33. The first-order chi connectivity index (χ1) is 13.9. The molecule has 2 aliphatic heterocycles. The van der Waals surface area contributed by atoms with Gasteiger partial charge >= 0.3 is 0 Å². The van der Waals surface area contributed by atoms with E-state index in [0.29, 0.717) is 19.4 Å². The molecule has 2 aromatic carbocycles. The van der Waals surface area contributed by atoms with Gasteiger partial charge in [0.25, 0.3) is 0 Å². The number of para-hydroxylation sites is 1. The highest BCUT2D eigenvalue weighted by atomic mass is 16.2. The third-order valence-electron chi connectivity index (χ3n) is 6.34. The van der Waals surface area contributed by atoms with Crippen molar-refractivity contribution in [2.24, 2.45) is 5.41 Å². The van der Waals surface area contributed by atoms with Crippen LogP contribution in [-0.4, -0.2) is 23.2 Å². The number of hydrogen-bond acceptors (Lipinski definition) is 3. The maximum Gasteiger partial charge on any atom is 0.249 e. The molecule has 29 heavy (non-hydrogen) atoms. The van der Waals surface area contributed by atoms with Crippen molar-refractivity contribution in [3.63, 3.8) is 0 Å². The number of ketones is 1. The number of carbonyl (C=O) groups excluding carboxylic acids is 2. The van der Waals surface area contributed by atoms with Crippen molar-refractivity contribution in [2.45, 2.75) is 58.4 Å². The standard InChI is InChI=1S/C25H30N2O2/c1-4-10-20(28)17-25(16-15-19-11-6-5-7-12-19)21-13-8-9-14-22(21)26-18-24(2,3)23(29)27(25)26/h5-9,11-14H,4,10,15-18H2,1-3H3. The van der Waals surface area contributed by atoms with Crippen LogP contribution >= 0.6 is 0 Å². The number of Topliss-reactive ketones (excluding diaryl/α,β-unsaturated/α-hetero) is 1. The lowest BCUT2D eigenvalue weighted by Crippen LogP contribution is -2.50. The van der Waals surface area contributed by atoms with E-state index in [0.717, 1.165) is 30.5 Å². The number of nitrogens with zero attached hydrogens (tertiary/aromatic N) is 2. The highest BCUT2D eigenvalue weighted by Crippen LogP contribution is 2.54. The molecule has 4 rings (SSSR count). The molecule has 0 spiro atoms. The van der Waals surface area contributed by atoms with E-state index < -0.39 is 11.0 Å². The fourth-order valence-electron chi connectivity index (χ4n) is 4.92. The first kappa shape index (κ1) is 19.7. The lowest BCUT2D eigenvalue weighted by Gasteiger charge is -2.39. The van der Waals surface area contributed by atoms with Gasteiger partial charge in [-0.15, -0.1) is 0 Å². The molecular weight excluding hydrogens is 360 g/mol. The molecule has 0 aromatic heterocycles. The zero-order valence-electron chi connectivity index (χ0n) is 17.6. The van der Waals surface area contributed by atoms with E-state index in [4.69, 9.17) is 0 Å². The molecule has 4 heteroatoms. The van der Waals surface area contributed by atoms with Crippen LogP contribution < -0.4 is 5.01 Å². The molecule has 0 N–H and O–H groups in total. The SMILES string of the molecule is CCCC(=O)CC1(CCc2ccccc2)c2ccccc2N2CC(C)(C)C(=O)N21. The Morgan fingerprint density at radius 3 is 2.45 bits per heavy atom. The summed E-state index contributed by atoms with van der Waals surface area (Å²) in [5, 5.41) is 4.07. The summed E-state index contributed by atoms with van der Waals surface area (Å²) in [7, 11) is 0. The summed E-state index contributed by atoms with van der Waals surface area (Å²) in [6, 6.07) is 18.6. The normalized spacial score (nSPS) is 22.0. The van der Waals surface area contributed by atoms with Gasteiger partial charge in [-0.3, -0.25) is 14.6 Å². The minimum atomic E-state index is -0.608. The minimum absolute atomic E-state index is 0.117. The molecule has 4 nitrogen and oxygen atoms in total. The fraction of sp³-hybridized carbons (Fsp3) is 0.440. The van der Waals surface area contributed by atoms with Crippen molar-refractivity contribution in [2.75, 3.05) is 11.6 Å². The highest BCUT2D eigenvalue weighted by Gasteiger charge is 2.59. The van der Waals surface area contributed by atoms with Crippen LogP contribution in [0.25, 0.3) is 0 Å². The zero-order chi connectivity index (χ0) is 20.6. The number of aryl methyl sites for hydroxylation is 1. The lowest BCUT2D eigenvalue weighted by molar-refractivity contribution is -0.142. The summed E-state index contributed by atoms with van der Waals surface area (Å²) >= 11 is 0. The first-order valence-corrected chi connectivity index (χ1v) is 10.7. The Bertz CT molecular complexity index is 921. The van der Waals surface area contributed by atoms with Crippen LogP contribution in [0.4, 0.5) is 5.69 Å². The zero-order valence-corrected chi connectivity index (χ0v) is 17.6. The number of anilines is 1. The molecule has 1 unspecified atom stereocenters. The molecule has 2 aromatic rings. The van der Waals surface area contributed by atoms with Gasteiger partial charge in [-0.2, -0.15) is 0 Å². The average molecular weight is 391 g/mol. The van der Waals surface area contributed by atoms with Gasteiger partial charge in [0.15, 0.2) is 0 Å². The van der Waals surface area contributed by atoms with Crippen molar-refractivity contribution in [1.29, 1.82) is 0 Å². The maximum absolute atomic E-state index is 13.5. The molecule has 1 saturated heterocycles. The Labute approximate surface area is 173 Å². The third-order valence-corrected chi connectivity index (χ3v) is 6.34. The molecule has 152 valence electrons. The summed E-state index contributed by atoms with van der Waals surface area (Å²) in [5.74, 6) is 0.348. The monoisotopic (exact) mass is 390 g/mol. The number of fused-ring (bicyclic) bond motifs is 3. The Balaban J connectivity index is 1.80. The van der Waals surface area contributed by atoms with E-state index in [1.54, 1.807) is 0 Å². The molecule has 2 aliphatic rings. The van der Waals surface area contributed by atoms with E-state index in [-0.39, 0.29) is 11.7 Å². The largest absolute Gasteiger partial charge is 0.300 e. The van der Waals surface area contributed by atoms with E-state index in [1.807, 2.05) is 56.1 Å². The molecule has 0 aliphatic carbocycles. The van der Waals surface area contributed by atoms with Crippen molar-refractivity contribution in [3.05, 3.63) is 65.7 Å². The van der Waals surface area contributed by atoms with Gasteiger partial charge < -0.3 is 0 Å². The maximum atomic E-state index is 13.5. The van der Waals surface area contributed by atoms with Gasteiger partial charge in [-0.25, -0.2) is 5.01 Å². The second-order valence-electron chi connectivity index (χ2n) is 9.06. The molecule has 1 atom stereocenters. The summed E-state index contributed by atoms with van der Waals surface area (Å²) < 4.78 is 0. The Morgan fingerprint density at radius 2 is 1.72 bits per heavy atom. The van der Waals surface area contributed by atoms with Gasteiger partial charge in [0.2, 0.25) is 5.91 Å². The third kappa shape index (κ3) is 3.25. The number of hydrazine groups is 1. The van der Waals surface area contributed by atoms with Crippen molar-refractivity contribution < 1.29 is 9.59 Å². The fourth-order valence-corrected chi connectivity index (χ4v) is 4.92. The highest BCUT2D eigenvalue weighted by molar-refractivity contribution is 5.92. The number of amides is 1. The van der Waals surface area contributed by atoms with Gasteiger partial charge in [0, 0.05) is 18.4 Å². The van der Waals surface area contributed by atoms with E-state index in [1.165, 1.54) is 5.56 Å². The Kier molecular flexibility index (Phi) is 4.97. The smallest absolute Gasteiger partial charge is 0.249 e. The Morgan fingerprint density at radius 1 is 1.03 bits per heavy atom.